The van der Waals surface area contributed by atoms with Crippen molar-refractivity contribution in [3.63, 3.8) is 0 Å². The third-order valence-corrected chi connectivity index (χ3v) is 8.57. The van der Waals surface area contributed by atoms with Crippen LogP contribution in [0.2, 0.25) is 0 Å². The van der Waals surface area contributed by atoms with E-state index in [0.29, 0.717) is 10.3 Å². The smallest absolute Gasteiger partial charge is 0.0654 e. The molecule has 19 heavy (non-hydrogen) atoms. The van der Waals surface area contributed by atoms with E-state index in [0.717, 1.165) is 0 Å². The standard InChI is InChI=1S/C18H39P/c1-8-9-10-11-12-13-14-15-16-19(17(2,3)4)18(5,6)7/h8-16H2,1-7H3/p+1. The van der Waals surface area contributed by atoms with Gasteiger partial charge < -0.3 is 0 Å². The number of unbranched alkanes of at least 4 members (excludes halogenated alkanes) is 7. The molecule has 0 aliphatic carbocycles. The summed E-state index contributed by atoms with van der Waals surface area (Å²) in [5.74, 6) is 0. The van der Waals surface area contributed by atoms with Gasteiger partial charge in [0.1, 0.15) is 0 Å². The SMILES string of the molecule is CCCCCCCCCC[PH+](C(C)(C)C)C(C)(C)C. The molecule has 0 amide bonds. The molecule has 0 fully saturated rings. The molecule has 0 rings (SSSR count). The third-order valence-electron chi connectivity index (χ3n) is 4.09. The van der Waals surface area contributed by atoms with Crippen LogP contribution in [-0.4, -0.2) is 16.5 Å². The van der Waals surface area contributed by atoms with Crippen molar-refractivity contribution in [2.24, 2.45) is 0 Å². The van der Waals surface area contributed by atoms with Gasteiger partial charge in [-0.1, -0.05) is 45.4 Å². The summed E-state index contributed by atoms with van der Waals surface area (Å²) in [7, 11) is -0.277. The van der Waals surface area contributed by atoms with Crippen molar-refractivity contribution < 1.29 is 0 Å². The average Bonchev–Trinajstić information content (AvgIpc) is 2.23. The van der Waals surface area contributed by atoms with Gasteiger partial charge in [0.2, 0.25) is 0 Å². The molecule has 0 aromatic rings. The molecule has 0 bridgehead atoms. The molecule has 0 atom stereocenters. The predicted molar refractivity (Wildman–Crippen MR) is 95.3 cm³/mol. The molecule has 0 nitrogen and oxygen atoms in total. The van der Waals surface area contributed by atoms with E-state index >= 15 is 0 Å². The van der Waals surface area contributed by atoms with Gasteiger partial charge >= 0.3 is 0 Å². The fourth-order valence-corrected chi connectivity index (χ4v) is 7.66. The molecule has 0 aliphatic rings. The Labute approximate surface area is 124 Å². The fraction of sp³-hybridized carbons (Fsp3) is 1.00. The van der Waals surface area contributed by atoms with Gasteiger partial charge in [0, 0.05) is 7.92 Å². The molecule has 116 valence electrons. The van der Waals surface area contributed by atoms with Gasteiger partial charge in [-0.3, -0.25) is 0 Å². The second-order valence-electron chi connectivity index (χ2n) is 8.20. The maximum atomic E-state index is 2.46. The highest BCUT2D eigenvalue weighted by Crippen LogP contribution is 2.59. The maximum Gasteiger partial charge on any atom is 0.0698 e. The normalized spacial score (nSPS) is 13.3. The van der Waals surface area contributed by atoms with Crippen LogP contribution in [0.3, 0.4) is 0 Å². The van der Waals surface area contributed by atoms with Crippen molar-refractivity contribution in [2.75, 3.05) is 6.16 Å². The lowest BCUT2D eigenvalue weighted by Crippen LogP contribution is -2.26. The second-order valence-corrected chi connectivity index (χ2v) is 12.7. The van der Waals surface area contributed by atoms with Crippen molar-refractivity contribution in [2.45, 2.75) is 110 Å². The van der Waals surface area contributed by atoms with Crippen LogP contribution in [0.25, 0.3) is 0 Å². The molecule has 0 heterocycles. The molecule has 0 radical (unpaired) electrons. The summed E-state index contributed by atoms with van der Waals surface area (Å²) in [5, 5.41) is 1.09. The molecule has 0 saturated carbocycles. The Hall–Kier alpha value is 0.430. The van der Waals surface area contributed by atoms with E-state index in [1.807, 2.05) is 0 Å². The summed E-state index contributed by atoms with van der Waals surface area (Å²) in [4.78, 5) is 0. The first-order valence-electron chi connectivity index (χ1n) is 8.56. The van der Waals surface area contributed by atoms with Crippen LogP contribution < -0.4 is 0 Å². The molecule has 1 heteroatoms. The first-order chi connectivity index (χ1) is 8.69. The second kappa shape index (κ2) is 9.38. The van der Waals surface area contributed by atoms with Crippen LogP contribution in [-0.2, 0) is 0 Å². The van der Waals surface area contributed by atoms with E-state index in [9.17, 15) is 0 Å². The Morgan fingerprint density at radius 2 is 0.947 bits per heavy atom. The van der Waals surface area contributed by atoms with Crippen molar-refractivity contribution in [1.29, 1.82) is 0 Å². The van der Waals surface area contributed by atoms with E-state index in [4.69, 9.17) is 0 Å². The zero-order valence-electron chi connectivity index (χ0n) is 14.9. The van der Waals surface area contributed by atoms with Crippen LogP contribution in [0.4, 0.5) is 0 Å². The van der Waals surface area contributed by atoms with Crippen molar-refractivity contribution >= 4 is 7.92 Å². The van der Waals surface area contributed by atoms with E-state index in [1.54, 1.807) is 0 Å². The average molecular weight is 287 g/mol. The summed E-state index contributed by atoms with van der Waals surface area (Å²) < 4.78 is 0. The highest BCUT2D eigenvalue weighted by atomic mass is 31.1. The lowest BCUT2D eigenvalue weighted by atomic mass is 10.1. The molecule has 0 spiro atoms. The Morgan fingerprint density at radius 3 is 1.32 bits per heavy atom. The van der Waals surface area contributed by atoms with Gasteiger partial charge in [-0.2, -0.15) is 0 Å². The van der Waals surface area contributed by atoms with E-state index in [2.05, 4.69) is 48.5 Å². The molecule has 0 unspecified atom stereocenters. The number of rotatable bonds is 9. The molecule has 0 saturated heterocycles. The molecule has 0 aliphatic heterocycles. The van der Waals surface area contributed by atoms with Crippen LogP contribution in [0.15, 0.2) is 0 Å². The minimum Gasteiger partial charge on any atom is -0.0654 e. The third kappa shape index (κ3) is 9.89. The zero-order chi connectivity index (χ0) is 14.9. The molecular weight excluding hydrogens is 247 g/mol. The highest BCUT2D eigenvalue weighted by Gasteiger charge is 2.40. The molecule has 0 aromatic heterocycles. The monoisotopic (exact) mass is 287 g/mol. The largest absolute Gasteiger partial charge is 0.0698 e. The topological polar surface area (TPSA) is 0 Å². The number of hydrogen-bond acceptors (Lipinski definition) is 0. The van der Waals surface area contributed by atoms with Crippen molar-refractivity contribution in [3.8, 4) is 0 Å². The Morgan fingerprint density at radius 1 is 0.579 bits per heavy atom. The Balaban J connectivity index is 3.78. The molecule has 0 N–H and O–H groups in total. The molecule has 0 aromatic carbocycles. The van der Waals surface area contributed by atoms with Crippen LogP contribution >= 0.6 is 7.92 Å². The van der Waals surface area contributed by atoms with E-state index in [-0.39, 0.29) is 7.92 Å². The summed E-state index contributed by atoms with van der Waals surface area (Å²) in [6.45, 7) is 17.0. The van der Waals surface area contributed by atoms with Gasteiger partial charge in [0.25, 0.3) is 0 Å². The summed E-state index contributed by atoms with van der Waals surface area (Å²) >= 11 is 0. The zero-order valence-corrected chi connectivity index (χ0v) is 15.9. The molecular formula is C18H40P+. The van der Waals surface area contributed by atoms with Crippen LogP contribution in [0, 0.1) is 0 Å². The minimum absolute atomic E-state index is 0.277. The summed E-state index contributed by atoms with van der Waals surface area (Å²) in [5.41, 5.74) is 0. The number of hydrogen-bond donors (Lipinski definition) is 0. The van der Waals surface area contributed by atoms with Crippen LogP contribution in [0.5, 0.6) is 0 Å². The van der Waals surface area contributed by atoms with Gasteiger partial charge in [0.05, 0.1) is 16.5 Å². The van der Waals surface area contributed by atoms with Gasteiger partial charge in [0.15, 0.2) is 0 Å². The first kappa shape index (κ1) is 19.4. The van der Waals surface area contributed by atoms with E-state index in [1.165, 1.54) is 57.5 Å². The lowest BCUT2D eigenvalue weighted by molar-refractivity contribution is 0.584. The Bertz CT molecular complexity index is 193. The van der Waals surface area contributed by atoms with Crippen LogP contribution in [0.1, 0.15) is 99.8 Å². The van der Waals surface area contributed by atoms with Gasteiger partial charge in [-0.05, 0) is 54.4 Å². The quantitative estimate of drug-likeness (QED) is 0.318. The van der Waals surface area contributed by atoms with Crippen molar-refractivity contribution in [1.82, 2.24) is 0 Å². The Kier molecular flexibility index (Phi) is 9.59. The highest BCUT2D eigenvalue weighted by molar-refractivity contribution is 7.60. The first-order valence-corrected chi connectivity index (χ1v) is 10.3. The van der Waals surface area contributed by atoms with E-state index < -0.39 is 0 Å². The summed E-state index contributed by atoms with van der Waals surface area (Å²) in [6.07, 6.45) is 13.1. The van der Waals surface area contributed by atoms with Gasteiger partial charge in [-0.25, -0.2) is 0 Å². The van der Waals surface area contributed by atoms with Crippen molar-refractivity contribution in [3.05, 3.63) is 0 Å². The lowest BCUT2D eigenvalue weighted by Gasteiger charge is -2.34. The summed E-state index contributed by atoms with van der Waals surface area (Å²) in [6, 6.07) is 0. The maximum absolute atomic E-state index is 2.46. The minimum atomic E-state index is -0.277. The predicted octanol–water partition coefficient (Wildman–Crippen LogP) is 6.94. The fourth-order valence-electron chi connectivity index (χ4n) is 3.31. The van der Waals surface area contributed by atoms with Gasteiger partial charge in [-0.15, -0.1) is 0 Å².